The van der Waals surface area contributed by atoms with Crippen LogP contribution in [0.15, 0.2) is 24.3 Å². The lowest BCUT2D eigenvalue weighted by atomic mass is 10.3. The maximum absolute atomic E-state index is 13.1. The van der Waals surface area contributed by atoms with Gasteiger partial charge in [0.1, 0.15) is 5.82 Å². The second-order valence-electron chi connectivity index (χ2n) is 4.36. The molecule has 0 aromatic heterocycles. The molecular formula is C13H18FN3S. The third-order valence-electron chi connectivity index (χ3n) is 3.18. The molecule has 1 aromatic carbocycles. The van der Waals surface area contributed by atoms with Crippen LogP contribution >= 0.6 is 12.2 Å². The van der Waals surface area contributed by atoms with Crippen molar-refractivity contribution in [3.63, 3.8) is 0 Å². The Morgan fingerprint density at radius 2 is 2.06 bits per heavy atom. The molecule has 0 radical (unpaired) electrons. The number of nitrogens with zero attached hydrogens (tertiary/aromatic N) is 2. The summed E-state index contributed by atoms with van der Waals surface area (Å²) in [6, 6.07) is 6.37. The van der Waals surface area contributed by atoms with Crippen molar-refractivity contribution >= 4 is 23.0 Å². The van der Waals surface area contributed by atoms with Gasteiger partial charge in [0.2, 0.25) is 0 Å². The SMILES string of the molecule is CCN1CCN(C(=S)Nc2cccc(F)c2)CC1. The van der Waals surface area contributed by atoms with Crippen molar-refractivity contribution in [3.05, 3.63) is 30.1 Å². The fraction of sp³-hybridized carbons (Fsp3) is 0.462. The lowest BCUT2D eigenvalue weighted by Gasteiger charge is -2.35. The maximum atomic E-state index is 13.1. The van der Waals surface area contributed by atoms with Crippen LogP contribution in [0.25, 0.3) is 0 Å². The number of hydrogen-bond donors (Lipinski definition) is 1. The molecule has 98 valence electrons. The molecule has 0 bridgehead atoms. The Kier molecular flexibility index (Phi) is 4.49. The number of thiocarbonyl (C=S) groups is 1. The zero-order valence-electron chi connectivity index (χ0n) is 10.5. The number of likely N-dealkylation sites (N-methyl/N-ethyl adjacent to an activating group) is 1. The first kappa shape index (κ1) is 13.2. The van der Waals surface area contributed by atoms with Gasteiger partial charge < -0.3 is 15.1 Å². The predicted molar refractivity (Wildman–Crippen MR) is 76.3 cm³/mol. The molecule has 1 N–H and O–H groups in total. The van der Waals surface area contributed by atoms with Crippen LogP contribution in [0.5, 0.6) is 0 Å². The molecule has 1 aliphatic heterocycles. The van der Waals surface area contributed by atoms with Gasteiger partial charge in [0, 0.05) is 31.9 Å². The van der Waals surface area contributed by atoms with Gasteiger partial charge in [0.05, 0.1) is 0 Å². The summed E-state index contributed by atoms with van der Waals surface area (Å²) in [7, 11) is 0. The van der Waals surface area contributed by atoms with Gasteiger partial charge in [-0.3, -0.25) is 0 Å². The molecule has 5 heteroatoms. The maximum Gasteiger partial charge on any atom is 0.173 e. The Bertz CT molecular complexity index is 416. The highest BCUT2D eigenvalue weighted by Crippen LogP contribution is 2.11. The van der Waals surface area contributed by atoms with Crippen molar-refractivity contribution < 1.29 is 4.39 Å². The van der Waals surface area contributed by atoms with Gasteiger partial charge in [-0.15, -0.1) is 0 Å². The molecule has 0 saturated carbocycles. The summed E-state index contributed by atoms with van der Waals surface area (Å²) in [6.45, 7) is 7.16. The highest BCUT2D eigenvalue weighted by atomic mass is 32.1. The molecule has 2 rings (SSSR count). The van der Waals surface area contributed by atoms with Crippen molar-refractivity contribution in [2.45, 2.75) is 6.92 Å². The molecule has 1 aromatic rings. The van der Waals surface area contributed by atoms with E-state index in [-0.39, 0.29) is 5.82 Å². The van der Waals surface area contributed by atoms with E-state index in [0.29, 0.717) is 10.8 Å². The second kappa shape index (κ2) is 6.11. The minimum Gasteiger partial charge on any atom is -0.346 e. The number of nitrogens with one attached hydrogen (secondary N) is 1. The first-order valence-corrected chi connectivity index (χ1v) is 6.63. The molecular weight excluding hydrogens is 249 g/mol. The van der Waals surface area contributed by atoms with Gasteiger partial charge in [-0.1, -0.05) is 13.0 Å². The standard InChI is InChI=1S/C13H18FN3S/c1-2-16-6-8-17(9-7-16)13(18)15-12-5-3-4-11(14)10-12/h3-5,10H,2,6-9H2,1H3,(H,15,18). The van der Waals surface area contributed by atoms with Gasteiger partial charge in [-0.2, -0.15) is 0 Å². The summed E-state index contributed by atoms with van der Waals surface area (Å²) in [5.41, 5.74) is 0.706. The van der Waals surface area contributed by atoms with Crippen molar-refractivity contribution in [1.82, 2.24) is 9.80 Å². The predicted octanol–water partition coefficient (Wildman–Crippen LogP) is 2.16. The highest BCUT2D eigenvalue weighted by Gasteiger charge is 2.17. The molecule has 3 nitrogen and oxygen atoms in total. The van der Waals surface area contributed by atoms with E-state index < -0.39 is 0 Å². The molecule has 1 saturated heterocycles. The first-order valence-electron chi connectivity index (χ1n) is 6.23. The molecule has 1 heterocycles. The summed E-state index contributed by atoms with van der Waals surface area (Å²) in [5, 5.41) is 3.76. The van der Waals surface area contributed by atoms with E-state index in [2.05, 4.69) is 22.0 Å². The summed E-state index contributed by atoms with van der Waals surface area (Å²) < 4.78 is 13.1. The molecule has 0 spiro atoms. The van der Waals surface area contributed by atoms with E-state index in [4.69, 9.17) is 12.2 Å². The van der Waals surface area contributed by atoms with Crippen LogP contribution < -0.4 is 5.32 Å². The van der Waals surface area contributed by atoms with E-state index in [0.717, 1.165) is 32.7 Å². The monoisotopic (exact) mass is 267 g/mol. The summed E-state index contributed by atoms with van der Waals surface area (Å²) in [5.74, 6) is -0.251. The number of benzene rings is 1. The van der Waals surface area contributed by atoms with Crippen LogP contribution in [0.1, 0.15) is 6.92 Å². The smallest absolute Gasteiger partial charge is 0.173 e. The van der Waals surface area contributed by atoms with E-state index in [1.807, 2.05) is 6.07 Å². The number of halogens is 1. The normalized spacial score (nSPS) is 16.7. The third kappa shape index (κ3) is 3.40. The van der Waals surface area contributed by atoms with E-state index in [1.165, 1.54) is 12.1 Å². The van der Waals surface area contributed by atoms with Crippen LogP contribution in [0.3, 0.4) is 0 Å². The van der Waals surface area contributed by atoms with Gasteiger partial charge in [0.25, 0.3) is 0 Å². The van der Waals surface area contributed by atoms with Gasteiger partial charge in [0.15, 0.2) is 5.11 Å². The van der Waals surface area contributed by atoms with Crippen LogP contribution in [0.4, 0.5) is 10.1 Å². The number of rotatable bonds is 2. The topological polar surface area (TPSA) is 18.5 Å². The van der Waals surface area contributed by atoms with Gasteiger partial charge in [-0.05, 0) is 37.0 Å². The van der Waals surface area contributed by atoms with Crippen molar-refractivity contribution in [2.24, 2.45) is 0 Å². The van der Waals surface area contributed by atoms with E-state index in [9.17, 15) is 4.39 Å². The summed E-state index contributed by atoms with van der Waals surface area (Å²) in [6.07, 6.45) is 0. The summed E-state index contributed by atoms with van der Waals surface area (Å²) >= 11 is 5.35. The fourth-order valence-electron chi connectivity index (χ4n) is 2.04. The molecule has 0 aliphatic carbocycles. The number of piperazine rings is 1. The zero-order chi connectivity index (χ0) is 13.0. The minimum atomic E-state index is -0.251. The van der Waals surface area contributed by atoms with E-state index >= 15 is 0 Å². The van der Waals surface area contributed by atoms with Crippen LogP contribution in [0, 0.1) is 5.82 Å². The Hall–Kier alpha value is -1.20. The Labute approximate surface area is 113 Å². The molecule has 0 amide bonds. The Balaban J connectivity index is 1.89. The average molecular weight is 267 g/mol. The molecule has 0 atom stereocenters. The van der Waals surface area contributed by atoms with Crippen molar-refractivity contribution in [1.29, 1.82) is 0 Å². The summed E-state index contributed by atoms with van der Waals surface area (Å²) in [4.78, 5) is 4.52. The largest absolute Gasteiger partial charge is 0.346 e. The minimum absolute atomic E-state index is 0.251. The lowest BCUT2D eigenvalue weighted by molar-refractivity contribution is 0.191. The molecule has 1 aliphatic rings. The number of hydrogen-bond acceptors (Lipinski definition) is 2. The average Bonchev–Trinajstić information content (AvgIpc) is 2.39. The van der Waals surface area contributed by atoms with Crippen molar-refractivity contribution in [3.8, 4) is 0 Å². The Morgan fingerprint density at radius 1 is 1.33 bits per heavy atom. The molecule has 1 fully saturated rings. The van der Waals surface area contributed by atoms with Crippen molar-refractivity contribution in [2.75, 3.05) is 38.0 Å². The first-order chi connectivity index (χ1) is 8.69. The van der Waals surface area contributed by atoms with Gasteiger partial charge >= 0.3 is 0 Å². The number of anilines is 1. The van der Waals surface area contributed by atoms with Crippen LogP contribution in [-0.4, -0.2) is 47.6 Å². The highest BCUT2D eigenvalue weighted by molar-refractivity contribution is 7.80. The quantitative estimate of drug-likeness (QED) is 0.827. The van der Waals surface area contributed by atoms with Gasteiger partial charge in [-0.25, -0.2) is 4.39 Å². The van der Waals surface area contributed by atoms with Crippen LogP contribution in [-0.2, 0) is 0 Å². The molecule has 0 unspecified atom stereocenters. The fourth-order valence-corrected chi connectivity index (χ4v) is 2.34. The zero-order valence-corrected chi connectivity index (χ0v) is 11.3. The van der Waals surface area contributed by atoms with E-state index in [1.54, 1.807) is 6.07 Å². The molecule has 18 heavy (non-hydrogen) atoms. The Morgan fingerprint density at radius 3 is 2.67 bits per heavy atom. The lowest BCUT2D eigenvalue weighted by Crippen LogP contribution is -2.49. The second-order valence-corrected chi connectivity index (χ2v) is 4.75. The van der Waals surface area contributed by atoms with Crippen LogP contribution in [0.2, 0.25) is 0 Å². The third-order valence-corrected chi connectivity index (χ3v) is 3.54.